The van der Waals surface area contributed by atoms with Gasteiger partial charge in [-0.15, -0.1) is 5.10 Å². The minimum atomic E-state index is -0.320. The largest absolute Gasteiger partial charge is 0.462 e. The number of hydrogen-bond acceptors (Lipinski definition) is 4. The van der Waals surface area contributed by atoms with E-state index < -0.39 is 0 Å². The fourth-order valence-corrected chi connectivity index (χ4v) is 3.72. The number of nitrogens with one attached hydrogen (secondary N) is 1. The van der Waals surface area contributed by atoms with Gasteiger partial charge in [-0.1, -0.05) is 66.9 Å². The molecule has 174 valence electrons. The molecule has 0 aliphatic carbocycles. The number of carbonyl (C=O) groups is 1. The van der Waals surface area contributed by atoms with E-state index in [-0.39, 0.29) is 5.91 Å². The maximum atomic E-state index is 12.6. The van der Waals surface area contributed by atoms with Gasteiger partial charge in [0.15, 0.2) is 5.82 Å². The normalized spacial score (nSPS) is 11.0. The second-order valence-electron chi connectivity index (χ2n) is 8.33. The van der Waals surface area contributed by atoms with Crippen LogP contribution in [0.5, 0.6) is 6.01 Å². The highest BCUT2D eigenvalue weighted by molar-refractivity contribution is 6.37. The minimum absolute atomic E-state index is 0.293. The fourth-order valence-electron chi connectivity index (χ4n) is 3.22. The third-order valence-electron chi connectivity index (χ3n) is 4.99. The van der Waals surface area contributed by atoms with Crippen molar-refractivity contribution in [2.24, 2.45) is 5.92 Å². The van der Waals surface area contributed by atoms with Gasteiger partial charge in [0.2, 0.25) is 0 Å². The topological polar surface area (TPSA) is 69.0 Å². The zero-order valence-electron chi connectivity index (χ0n) is 19.0. The Balaban J connectivity index is 1.60. The number of amides is 1. The number of aromatic nitrogens is 3. The third kappa shape index (κ3) is 5.58. The number of aryl methyl sites for hydroxylation is 1. The first-order valence-corrected chi connectivity index (χ1v) is 11.6. The molecule has 0 spiro atoms. The van der Waals surface area contributed by atoms with Gasteiger partial charge in [0.1, 0.15) is 0 Å². The fraction of sp³-hybridized carbons (Fsp3) is 0.192. The summed E-state index contributed by atoms with van der Waals surface area (Å²) >= 11 is 12.1. The lowest BCUT2D eigenvalue weighted by Crippen LogP contribution is -2.12. The van der Waals surface area contributed by atoms with Crippen LogP contribution in [-0.4, -0.2) is 27.3 Å². The first-order valence-electron chi connectivity index (χ1n) is 10.8. The molecule has 0 saturated heterocycles. The molecule has 0 unspecified atom stereocenters. The van der Waals surface area contributed by atoms with Crippen LogP contribution in [0.3, 0.4) is 0 Å². The molecule has 1 aromatic heterocycles. The Morgan fingerprint density at radius 1 is 1.03 bits per heavy atom. The van der Waals surface area contributed by atoms with Gasteiger partial charge in [-0.2, -0.15) is 4.98 Å². The summed E-state index contributed by atoms with van der Waals surface area (Å²) in [6.07, 6.45) is 0. The van der Waals surface area contributed by atoms with E-state index in [4.69, 9.17) is 27.9 Å². The van der Waals surface area contributed by atoms with Crippen molar-refractivity contribution in [3.05, 3.63) is 87.9 Å². The molecular weight excluding hydrogens is 471 g/mol. The van der Waals surface area contributed by atoms with Gasteiger partial charge in [-0.3, -0.25) is 4.79 Å². The van der Waals surface area contributed by atoms with E-state index in [9.17, 15) is 4.79 Å². The molecule has 1 amide bonds. The molecule has 8 heteroatoms. The Bertz CT molecular complexity index is 1300. The molecule has 1 N–H and O–H groups in total. The van der Waals surface area contributed by atoms with Crippen molar-refractivity contribution in [3.63, 3.8) is 0 Å². The van der Waals surface area contributed by atoms with Crippen LogP contribution in [0.15, 0.2) is 66.7 Å². The molecule has 0 aliphatic rings. The van der Waals surface area contributed by atoms with Crippen LogP contribution in [0.4, 0.5) is 5.69 Å². The molecule has 0 saturated carbocycles. The summed E-state index contributed by atoms with van der Waals surface area (Å²) in [6.45, 7) is 6.70. The Kier molecular flexibility index (Phi) is 7.20. The first kappa shape index (κ1) is 23.8. The highest BCUT2D eigenvalue weighted by atomic mass is 35.5. The number of anilines is 1. The monoisotopic (exact) mass is 494 g/mol. The molecule has 1 heterocycles. The first-order chi connectivity index (χ1) is 16.3. The zero-order chi connectivity index (χ0) is 24.2. The second-order valence-corrected chi connectivity index (χ2v) is 9.17. The predicted molar refractivity (Wildman–Crippen MR) is 136 cm³/mol. The van der Waals surface area contributed by atoms with Crippen LogP contribution in [0, 0.1) is 12.8 Å². The lowest BCUT2D eigenvalue weighted by molar-refractivity contribution is 0.102. The SMILES string of the molecule is Cc1ccc(-c2nc(OCC(C)C)nn2-c2ccc(NC(=O)c3ccc(Cl)cc3Cl)cc2)cc1. The summed E-state index contributed by atoms with van der Waals surface area (Å²) in [7, 11) is 0. The third-order valence-corrected chi connectivity index (χ3v) is 5.54. The molecule has 4 aromatic rings. The number of rotatable bonds is 7. The highest BCUT2D eigenvalue weighted by Crippen LogP contribution is 2.26. The number of hydrogen-bond donors (Lipinski definition) is 1. The summed E-state index contributed by atoms with van der Waals surface area (Å²) in [6, 6.07) is 20.5. The summed E-state index contributed by atoms with van der Waals surface area (Å²) in [5, 5.41) is 8.19. The molecule has 0 fully saturated rings. The molecule has 0 radical (unpaired) electrons. The molecule has 0 atom stereocenters. The Labute approximate surface area is 208 Å². The number of nitrogens with zero attached hydrogens (tertiary/aromatic N) is 3. The lowest BCUT2D eigenvalue weighted by Gasteiger charge is -2.09. The summed E-state index contributed by atoms with van der Waals surface area (Å²) in [5.41, 5.74) is 3.83. The Morgan fingerprint density at radius 3 is 2.38 bits per heavy atom. The Hall–Kier alpha value is -3.35. The quantitative estimate of drug-likeness (QED) is 0.305. The van der Waals surface area contributed by atoms with Crippen LogP contribution < -0.4 is 10.1 Å². The molecule has 3 aromatic carbocycles. The zero-order valence-corrected chi connectivity index (χ0v) is 20.6. The maximum Gasteiger partial charge on any atom is 0.336 e. The van der Waals surface area contributed by atoms with Gasteiger partial charge < -0.3 is 10.1 Å². The number of halogens is 2. The average molecular weight is 495 g/mol. The lowest BCUT2D eigenvalue weighted by atomic mass is 10.1. The van der Waals surface area contributed by atoms with Crippen molar-refractivity contribution < 1.29 is 9.53 Å². The second kappa shape index (κ2) is 10.3. The van der Waals surface area contributed by atoms with Crippen LogP contribution in [0.1, 0.15) is 29.8 Å². The van der Waals surface area contributed by atoms with Crippen molar-refractivity contribution in [1.82, 2.24) is 14.8 Å². The van der Waals surface area contributed by atoms with E-state index in [1.54, 1.807) is 28.9 Å². The number of benzene rings is 3. The molecule has 0 aliphatic heterocycles. The van der Waals surface area contributed by atoms with E-state index >= 15 is 0 Å². The van der Waals surface area contributed by atoms with Crippen LogP contribution in [0.2, 0.25) is 10.0 Å². The van der Waals surface area contributed by atoms with Gasteiger partial charge in [0.25, 0.3) is 5.91 Å². The van der Waals surface area contributed by atoms with Gasteiger partial charge in [-0.25, -0.2) is 4.68 Å². The average Bonchev–Trinajstić information content (AvgIpc) is 3.23. The van der Waals surface area contributed by atoms with Crippen molar-refractivity contribution in [2.45, 2.75) is 20.8 Å². The molecule has 0 bridgehead atoms. The van der Waals surface area contributed by atoms with Gasteiger partial charge in [0, 0.05) is 16.3 Å². The van der Waals surface area contributed by atoms with Gasteiger partial charge >= 0.3 is 6.01 Å². The van der Waals surface area contributed by atoms with E-state index in [1.165, 1.54) is 6.07 Å². The van der Waals surface area contributed by atoms with E-state index in [2.05, 4.69) is 29.2 Å². The minimum Gasteiger partial charge on any atom is -0.462 e. The predicted octanol–water partition coefficient (Wildman–Crippen LogP) is 6.84. The number of ether oxygens (including phenoxy) is 1. The maximum absolute atomic E-state index is 12.6. The van der Waals surface area contributed by atoms with Gasteiger partial charge in [-0.05, 0) is 55.3 Å². The van der Waals surface area contributed by atoms with Gasteiger partial charge in [0.05, 0.1) is 22.9 Å². The summed E-state index contributed by atoms with van der Waals surface area (Å²) in [4.78, 5) is 17.2. The van der Waals surface area contributed by atoms with Crippen LogP contribution >= 0.6 is 23.2 Å². The molecule has 4 rings (SSSR count). The molecule has 34 heavy (non-hydrogen) atoms. The van der Waals surface area contributed by atoms with E-state index in [0.29, 0.717) is 45.7 Å². The summed E-state index contributed by atoms with van der Waals surface area (Å²) < 4.78 is 7.52. The van der Waals surface area contributed by atoms with E-state index in [1.807, 2.05) is 43.3 Å². The van der Waals surface area contributed by atoms with E-state index in [0.717, 1.165) is 16.8 Å². The van der Waals surface area contributed by atoms with Crippen LogP contribution in [0.25, 0.3) is 17.1 Å². The highest BCUT2D eigenvalue weighted by Gasteiger charge is 2.16. The molecular formula is C26H24Cl2N4O2. The summed E-state index contributed by atoms with van der Waals surface area (Å²) in [5.74, 6) is 0.704. The molecule has 6 nitrogen and oxygen atoms in total. The standard InChI is InChI=1S/C26H24Cl2N4O2/c1-16(2)15-34-26-30-24(18-6-4-17(3)5-7-18)32(31-26)21-11-9-20(10-12-21)29-25(33)22-13-8-19(27)14-23(22)28/h4-14,16H,15H2,1-3H3,(H,29,33). The van der Waals surface area contributed by atoms with Crippen molar-refractivity contribution >= 4 is 34.8 Å². The smallest absolute Gasteiger partial charge is 0.336 e. The van der Waals surface area contributed by atoms with Crippen molar-refractivity contribution in [1.29, 1.82) is 0 Å². The number of carbonyl (C=O) groups excluding carboxylic acids is 1. The van der Waals surface area contributed by atoms with Crippen molar-refractivity contribution in [3.8, 4) is 23.1 Å². The van der Waals surface area contributed by atoms with Crippen LogP contribution in [-0.2, 0) is 0 Å². The van der Waals surface area contributed by atoms with Crippen molar-refractivity contribution in [2.75, 3.05) is 11.9 Å². The Morgan fingerprint density at radius 2 is 1.74 bits per heavy atom.